The van der Waals surface area contributed by atoms with Crippen molar-refractivity contribution in [1.82, 2.24) is 4.57 Å². The maximum atomic E-state index is 12.8. The number of rotatable bonds is 4. The van der Waals surface area contributed by atoms with E-state index in [1.807, 2.05) is 40.7 Å². The molecule has 0 bridgehead atoms. The van der Waals surface area contributed by atoms with Gasteiger partial charge in [0, 0.05) is 0 Å². The number of aryl methyl sites for hydroxylation is 5. The predicted octanol–water partition coefficient (Wildman–Crippen LogP) is 4.09. The first-order valence-electron chi connectivity index (χ1n) is 9.51. The third kappa shape index (κ3) is 4.48. The van der Waals surface area contributed by atoms with Gasteiger partial charge in [0.2, 0.25) is 0 Å². The Morgan fingerprint density at radius 3 is 2.17 bits per heavy atom. The van der Waals surface area contributed by atoms with E-state index in [1.165, 1.54) is 24.0 Å². The minimum absolute atomic E-state index is 0.0219. The molecule has 0 saturated carbocycles. The van der Waals surface area contributed by atoms with Crippen LogP contribution in [0.15, 0.2) is 29.3 Å². The molecular formula is C23H26N2O3S. The second-order valence-corrected chi connectivity index (χ2v) is 8.51. The van der Waals surface area contributed by atoms with Gasteiger partial charge in [-0.1, -0.05) is 35.1 Å². The maximum absolute atomic E-state index is 12.8. The Kier molecular flexibility index (Phi) is 6.03. The summed E-state index contributed by atoms with van der Waals surface area (Å²) < 4.78 is 7.65. The van der Waals surface area contributed by atoms with Crippen molar-refractivity contribution in [3.05, 3.63) is 62.4 Å². The average molecular weight is 411 g/mol. The second kappa shape index (κ2) is 8.33. The second-order valence-electron chi connectivity index (χ2n) is 7.54. The van der Waals surface area contributed by atoms with E-state index in [0.717, 1.165) is 38.0 Å². The number of fused-ring (bicyclic) bond motifs is 1. The van der Waals surface area contributed by atoms with Crippen molar-refractivity contribution in [3.8, 4) is 0 Å². The third-order valence-corrected chi connectivity index (χ3v) is 6.25. The van der Waals surface area contributed by atoms with Gasteiger partial charge in [-0.2, -0.15) is 4.99 Å². The quantitative estimate of drug-likeness (QED) is 0.609. The van der Waals surface area contributed by atoms with E-state index in [4.69, 9.17) is 4.74 Å². The Hall–Kier alpha value is -2.73. The number of aromatic nitrogens is 1. The first-order chi connectivity index (χ1) is 13.7. The minimum Gasteiger partial charge on any atom is -0.468 e. The fourth-order valence-electron chi connectivity index (χ4n) is 3.73. The Morgan fingerprint density at radius 2 is 1.55 bits per heavy atom. The molecule has 6 heteroatoms. The van der Waals surface area contributed by atoms with Crippen LogP contribution in [-0.2, 0) is 27.3 Å². The highest BCUT2D eigenvalue weighted by Gasteiger charge is 2.15. The summed E-state index contributed by atoms with van der Waals surface area (Å²) in [4.78, 5) is 29.7. The topological polar surface area (TPSA) is 60.7 Å². The van der Waals surface area contributed by atoms with Crippen LogP contribution >= 0.6 is 11.3 Å². The molecule has 3 aromatic rings. The molecule has 0 aliphatic carbocycles. The summed E-state index contributed by atoms with van der Waals surface area (Å²) in [5.74, 6) is -0.595. The Morgan fingerprint density at radius 1 is 0.966 bits per heavy atom. The molecule has 5 nitrogen and oxygen atoms in total. The fourth-order valence-corrected chi connectivity index (χ4v) is 4.83. The molecule has 0 atom stereocenters. The zero-order valence-corrected chi connectivity index (χ0v) is 18.6. The van der Waals surface area contributed by atoms with Gasteiger partial charge in [0.15, 0.2) is 4.80 Å². The highest BCUT2D eigenvalue weighted by Crippen LogP contribution is 2.24. The number of thiazole rings is 1. The monoisotopic (exact) mass is 410 g/mol. The predicted molar refractivity (Wildman–Crippen MR) is 116 cm³/mol. The molecule has 0 saturated heterocycles. The number of amides is 1. The number of nitrogens with zero attached hydrogens (tertiary/aromatic N) is 2. The molecule has 0 radical (unpaired) electrons. The van der Waals surface area contributed by atoms with Crippen LogP contribution in [0.5, 0.6) is 0 Å². The zero-order chi connectivity index (χ0) is 21.3. The summed E-state index contributed by atoms with van der Waals surface area (Å²) in [6, 6.07) is 8.27. The molecule has 152 valence electrons. The van der Waals surface area contributed by atoms with Crippen LogP contribution in [-0.4, -0.2) is 23.6 Å². The molecule has 1 amide bonds. The third-order valence-electron chi connectivity index (χ3n) is 5.02. The fraction of sp³-hybridized carbons (Fsp3) is 0.348. The van der Waals surface area contributed by atoms with E-state index in [2.05, 4.69) is 23.2 Å². The molecule has 0 aliphatic heterocycles. The van der Waals surface area contributed by atoms with E-state index in [-0.39, 0.29) is 24.8 Å². The number of carbonyl (C=O) groups excluding carboxylic acids is 2. The minimum atomic E-state index is -0.372. The van der Waals surface area contributed by atoms with Gasteiger partial charge < -0.3 is 9.30 Å². The van der Waals surface area contributed by atoms with Crippen LogP contribution in [0.4, 0.5) is 0 Å². The first-order valence-corrected chi connectivity index (χ1v) is 10.3. The van der Waals surface area contributed by atoms with Crippen molar-refractivity contribution in [1.29, 1.82) is 0 Å². The van der Waals surface area contributed by atoms with Crippen molar-refractivity contribution in [2.45, 2.75) is 47.6 Å². The summed E-state index contributed by atoms with van der Waals surface area (Å²) in [6.07, 6.45) is 0.239. The van der Waals surface area contributed by atoms with E-state index < -0.39 is 0 Å². The number of ether oxygens (including phenoxy) is 1. The van der Waals surface area contributed by atoms with Gasteiger partial charge in [-0.15, -0.1) is 0 Å². The van der Waals surface area contributed by atoms with E-state index in [0.29, 0.717) is 4.80 Å². The summed E-state index contributed by atoms with van der Waals surface area (Å²) in [6.45, 7) is 10.1. The highest BCUT2D eigenvalue weighted by molar-refractivity contribution is 7.16. The lowest BCUT2D eigenvalue weighted by molar-refractivity contribution is -0.141. The molecule has 0 spiro atoms. The lowest BCUT2D eigenvalue weighted by Gasteiger charge is -2.09. The molecule has 3 rings (SSSR count). The van der Waals surface area contributed by atoms with E-state index in [9.17, 15) is 9.59 Å². The van der Waals surface area contributed by atoms with Crippen LogP contribution in [0, 0.1) is 34.6 Å². The van der Waals surface area contributed by atoms with E-state index >= 15 is 0 Å². The van der Waals surface area contributed by atoms with Gasteiger partial charge in [0.1, 0.15) is 6.54 Å². The molecule has 0 N–H and O–H groups in total. The summed E-state index contributed by atoms with van der Waals surface area (Å²) >= 11 is 1.43. The largest absolute Gasteiger partial charge is 0.468 e. The Balaban J connectivity index is 2.09. The van der Waals surface area contributed by atoms with Crippen LogP contribution < -0.4 is 4.80 Å². The molecular weight excluding hydrogens is 384 g/mol. The number of carbonyl (C=O) groups is 2. The maximum Gasteiger partial charge on any atom is 0.325 e. The van der Waals surface area contributed by atoms with Gasteiger partial charge in [-0.25, -0.2) is 0 Å². The molecule has 1 heterocycles. The lowest BCUT2D eigenvalue weighted by Crippen LogP contribution is -2.22. The molecule has 1 aromatic heterocycles. The van der Waals surface area contributed by atoms with Gasteiger partial charge in [-0.3, -0.25) is 9.59 Å². The van der Waals surface area contributed by atoms with Gasteiger partial charge in [0.25, 0.3) is 5.91 Å². The highest BCUT2D eigenvalue weighted by atomic mass is 32.1. The van der Waals surface area contributed by atoms with Crippen LogP contribution in [0.2, 0.25) is 0 Å². The SMILES string of the molecule is COC(=O)Cn1c(=NC(=O)Cc2c(C)cc(C)cc2C)sc2c(C)cc(C)cc21. The van der Waals surface area contributed by atoms with E-state index in [1.54, 1.807) is 4.57 Å². The number of benzene rings is 2. The summed E-state index contributed by atoms with van der Waals surface area (Å²) in [5.41, 5.74) is 7.47. The molecule has 0 aliphatic rings. The normalized spacial score (nSPS) is 11.9. The number of hydrogen-bond donors (Lipinski definition) is 0. The van der Waals surface area contributed by atoms with Gasteiger partial charge >= 0.3 is 5.97 Å². The smallest absolute Gasteiger partial charge is 0.325 e. The molecule has 2 aromatic carbocycles. The van der Waals surface area contributed by atoms with Crippen molar-refractivity contribution < 1.29 is 14.3 Å². The number of esters is 1. The van der Waals surface area contributed by atoms with Crippen LogP contribution in [0.25, 0.3) is 10.2 Å². The zero-order valence-electron chi connectivity index (χ0n) is 17.8. The molecule has 0 fully saturated rings. The van der Waals surface area contributed by atoms with Gasteiger partial charge in [-0.05, 0) is 68.5 Å². The van der Waals surface area contributed by atoms with Gasteiger partial charge in [0.05, 0.1) is 23.7 Å². The van der Waals surface area contributed by atoms with Crippen molar-refractivity contribution >= 4 is 33.4 Å². The van der Waals surface area contributed by atoms with Crippen molar-refractivity contribution in [2.75, 3.05) is 7.11 Å². The average Bonchev–Trinajstić information content (AvgIpc) is 2.95. The van der Waals surface area contributed by atoms with Crippen molar-refractivity contribution in [2.24, 2.45) is 4.99 Å². The summed E-state index contributed by atoms with van der Waals surface area (Å²) in [7, 11) is 1.36. The number of hydrogen-bond acceptors (Lipinski definition) is 4. The lowest BCUT2D eigenvalue weighted by atomic mass is 9.97. The number of methoxy groups -OCH3 is 1. The molecule has 0 unspecified atom stereocenters. The Bertz CT molecular complexity index is 1160. The van der Waals surface area contributed by atoms with Crippen LogP contribution in [0.1, 0.15) is 33.4 Å². The molecule has 29 heavy (non-hydrogen) atoms. The summed E-state index contributed by atoms with van der Waals surface area (Å²) in [5, 5.41) is 0. The standard InChI is InChI=1S/C23H26N2O3S/c1-13-7-15(3)18(16(4)8-13)11-20(26)24-23-25(12-21(27)28-6)19-10-14(2)9-17(5)22(19)29-23/h7-10H,11-12H2,1-6H3. The van der Waals surface area contributed by atoms with Crippen molar-refractivity contribution in [3.63, 3.8) is 0 Å². The first kappa shape index (κ1) is 21.0. The van der Waals surface area contributed by atoms with Crippen LogP contribution in [0.3, 0.4) is 0 Å². The Labute approximate surface area is 174 Å².